The molecule has 0 radical (unpaired) electrons. The number of hydrogen-bond donors (Lipinski definition) is 2. The SMILES string of the molecule is Cc1cc(C)c(/C=C2\C(=O)N(C(=O)N(C)CCN(C)C(=O)OCc3cc(C)c(O)c(C)c3)c3ccccc32)[nH]1. The van der Waals surface area contributed by atoms with Crippen LogP contribution in [-0.4, -0.2) is 65.1 Å². The number of H-pyrrole nitrogens is 1. The van der Waals surface area contributed by atoms with Crippen molar-refractivity contribution in [1.82, 2.24) is 14.8 Å². The number of carbonyl (C=O) groups excluding carboxylic acids is 3. The van der Waals surface area contributed by atoms with Crippen molar-refractivity contribution in [2.45, 2.75) is 34.3 Å². The number of fused-ring (bicyclic) bond motifs is 1. The van der Waals surface area contributed by atoms with Gasteiger partial charge in [-0.25, -0.2) is 14.5 Å². The van der Waals surface area contributed by atoms with Crippen LogP contribution in [0.25, 0.3) is 11.6 Å². The van der Waals surface area contributed by atoms with Gasteiger partial charge in [0.1, 0.15) is 12.4 Å². The highest BCUT2D eigenvalue weighted by Gasteiger charge is 2.38. The highest BCUT2D eigenvalue weighted by atomic mass is 16.6. The van der Waals surface area contributed by atoms with Gasteiger partial charge in [0.15, 0.2) is 0 Å². The second-order valence-electron chi connectivity index (χ2n) is 10.0. The number of urea groups is 1. The molecule has 0 spiro atoms. The summed E-state index contributed by atoms with van der Waals surface area (Å²) in [5.74, 6) is -0.168. The van der Waals surface area contributed by atoms with E-state index >= 15 is 0 Å². The molecule has 2 heterocycles. The summed E-state index contributed by atoms with van der Waals surface area (Å²) in [6.45, 7) is 7.96. The Labute approximate surface area is 228 Å². The molecule has 2 N–H and O–H groups in total. The number of aromatic hydroxyl groups is 1. The zero-order valence-corrected chi connectivity index (χ0v) is 23.2. The predicted octanol–water partition coefficient (Wildman–Crippen LogP) is 5.16. The molecule has 204 valence electrons. The maximum absolute atomic E-state index is 13.5. The van der Waals surface area contributed by atoms with Gasteiger partial charge in [0.05, 0.1) is 11.3 Å². The monoisotopic (exact) mass is 530 g/mol. The minimum atomic E-state index is -0.538. The second-order valence-corrected chi connectivity index (χ2v) is 10.0. The minimum absolute atomic E-state index is 0.0634. The number of aromatic amines is 1. The number of imide groups is 1. The first-order valence-corrected chi connectivity index (χ1v) is 12.7. The Bertz CT molecular complexity index is 1450. The molecule has 0 atom stereocenters. The average Bonchev–Trinajstić information content (AvgIpc) is 3.37. The highest BCUT2D eigenvalue weighted by Crippen LogP contribution is 2.38. The molecule has 1 aliphatic heterocycles. The van der Waals surface area contributed by atoms with E-state index in [0.717, 1.165) is 22.5 Å². The van der Waals surface area contributed by atoms with Crippen molar-refractivity contribution >= 4 is 35.4 Å². The lowest BCUT2D eigenvalue weighted by atomic mass is 10.1. The van der Waals surface area contributed by atoms with E-state index in [1.807, 2.05) is 32.0 Å². The minimum Gasteiger partial charge on any atom is -0.507 e. The number of hydrogen-bond acceptors (Lipinski definition) is 5. The van der Waals surface area contributed by atoms with Crippen LogP contribution < -0.4 is 4.90 Å². The van der Waals surface area contributed by atoms with E-state index in [2.05, 4.69) is 4.98 Å². The number of amides is 4. The molecule has 0 unspecified atom stereocenters. The Hall–Kier alpha value is -4.53. The summed E-state index contributed by atoms with van der Waals surface area (Å²) in [5.41, 5.74) is 6.68. The van der Waals surface area contributed by atoms with Crippen molar-refractivity contribution < 1.29 is 24.2 Å². The first-order chi connectivity index (χ1) is 18.5. The van der Waals surface area contributed by atoms with Gasteiger partial charge < -0.3 is 24.6 Å². The number of aryl methyl sites for hydroxylation is 4. The third kappa shape index (κ3) is 5.67. The quantitative estimate of drug-likeness (QED) is 0.428. The van der Waals surface area contributed by atoms with E-state index in [4.69, 9.17) is 4.74 Å². The second kappa shape index (κ2) is 11.1. The first-order valence-electron chi connectivity index (χ1n) is 12.7. The van der Waals surface area contributed by atoms with Crippen LogP contribution in [0.4, 0.5) is 15.3 Å². The lowest BCUT2D eigenvalue weighted by Crippen LogP contribution is -2.45. The van der Waals surface area contributed by atoms with E-state index in [9.17, 15) is 19.5 Å². The molecule has 9 nitrogen and oxygen atoms in total. The summed E-state index contributed by atoms with van der Waals surface area (Å²) in [5, 5.41) is 9.93. The zero-order chi connectivity index (χ0) is 28.4. The number of para-hydroxylation sites is 1. The maximum Gasteiger partial charge on any atom is 0.409 e. The van der Waals surface area contributed by atoms with E-state index in [1.54, 1.807) is 58.3 Å². The van der Waals surface area contributed by atoms with Crippen molar-refractivity contribution in [1.29, 1.82) is 0 Å². The van der Waals surface area contributed by atoms with Gasteiger partial charge in [-0.05, 0) is 80.3 Å². The summed E-state index contributed by atoms with van der Waals surface area (Å²) in [6.07, 6.45) is 1.25. The van der Waals surface area contributed by atoms with Gasteiger partial charge in [0.2, 0.25) is 0 Å². The number of aromatic nitrogens is 1. The smallest absolute Gasteiger partial charge is 0.409 e. The molecule has 9 heteroatoms. The molecule has 1 aliphatic rings. The number of ether oxygens (including phenoxy) is 1. The fraction of sp³-hybridized carbons (Fsp3) is 0.300. The number of carbonyl (C=O) groups is 3. The van der Waals surface area contributed by atoms with Crippen molar-refractivity contribution in [3.63, 3.8) is 0 Å². The van der Waals surface area contributed by atoms with Crippen LogP contribution in [0.15, 0.2) is 42.5 Å². The van der Waals surface area contributed by atoms with Gasteiger partial charge in [-0.1, -0.05) is 18.2 Å². The molecular weight excluding hydrogens is 496 g/mol. The number of rotatable bonds is 6. The zero-order valence-electron chi connectivity index (χ0n) is 23.2. The van der Waals surface area contributed by atoms with Gasteiger partial charge in [-0.2, -0.15) is 0 Å². The predicted molar refractivity (Wildman–Crippen MR) is 150 cm³/mol. The van der Waals surface area contributed by atoms with E-state index < -0.39 is 18.0 Å². The summed E-state index contributed by atoms with van der Waals surface area (Å²) in [6, 6.07) is 12.3. The number of nitrogens with zero attached hydrogens (tertiary/aromatic N) is 3. The van der Waals surface area contributed by atoms with Gasteiger partial charge in [0, 0.05) is 44.1 Å². The van der Waals surface area contributed by atoms with E-state index in [-0.39, 0.29) is 25.4 Å². The van der Waals surface area contributed by atoms with Crippen LogP contribution in [-0.2, 0) is 16.1 Å². The summed E-state index contributed by atoms with van der Waals surface area (Å²) >= 11 is 0. The third-order valence-electron chi connectivity index (χ3n) is 6.86. The van der Waals surface area contributed by atoms with Crippen molar-refractivity contribution in [3.05, 3.63) is 81.7 Å². The Morgan fingerprint density at radius 1 is 0.974 bits per heavy atom. The lowest BCUT2D eigenvalue weighted by Gasteiger charge is -2.25. The molecule has 4 amide bonds. The van der Waals surface area contributed by atoms with Gasteiger partial charge in [0.25, 0.3) is 5.91 Å². The topological polar surface area (TPSA) is 106 Å². The molecule has 1 aromatic heterocycles. The number of anilines is 1. The van der Waals surface area contributed by atoms with Crippen LogP contribution in [0, 0.1) is 27.7 Å². The van der Waals surface area contributed by atoms with Crippen LogP contribution >= 0.6 is 0 Å². The van der Waals surface area contributed by atoms with Gasteiger partial charge >= 0.3 is 12.1 Å². The Morgan fingerprint density at radius 3 is 2.26 bits per heavy atom. The molecule has 0 saturated carbocycles. The summed E-state index contributed by atoms with van der Waals surface area (Å²) in [7, 11) is 3.19. The average molecular weight is 531 g/mol. The van der Waals surface area contributed by atoms with Crippen molar-refractivity contribution in [3.8, 4) is 5.75 Å². The molecule has 0 bridgehead atoms. The normalized spacial score (nSPS) is 13.5. The number of phenolic OH excluding ortho intramolecular Hbond substituents is 1. The Kier molecular flexibility index (Phi) is 7.80. The molecule has 0 saturated heterocycles. The van der Waals surface area contributed by atoms with Crippen LogP contribution in [0.5, 0.6) is 5.75 Å². The van der Waals surface area contributed by atoms with Crippen LogP contribution in [0.2, 0.25) is 0 Å². The van der Waals surface area contributed by atoms with Gasteiger partial charge in [-0.3, -0.25) is 4.79 Å². The summed E-state index contributed by atoms with van der Waals surface area (Å²) < 4.78 is 5.40. The van der Waals surface area contributed by atoms with Crippen molar-refractivity contribution in [2.24, 2.45) is 0 Å². The number of nitrogens with one attached hydrogen (secondary N) is 1. The molecule has 0 aliphatic carbocycles. The lowest BCUT2D eigenvalue weighted by molar-refractivity contribution is -0.112. The summed E-state index contributed by atoms with van der Waals surface area (Å²) in [4.78, 5) is 46.6. The van der Waals surface area contributed by atoms with Gasteiger partial charge in [-0.15, -0.1) is 0 Å². The molecule has 39 heavy (non-hydrogen) atoms. The van der Waals surface area contributed by atoms with Crippen molar-refractivity contribution in [2.75, 3.05) is 32.1 Å². The maximum atomic E-state index is 13.5. The molecule has 0 fully saturated rings. The number of phenols is 1. The van der Waals surface area contributed by atoms with Crippen LogP contribution in [0.1, 0.15) is 39.2 Å². The van der Waals surface area contributed by atoms with Crippen LogP contribution in [0.3, 0.4) is 0 Å². The third-order valence-corrected chi connectivity index (χ3v) is 6.86. The Balaban J connectivity index is 1.40. The fourth-order valence-electron chi connectivity index (χ4n) is 4.66. The number of likely N-dealkylation sites (N-methyl/N-ethyl adjacent to an activating group) is 2. The molecule has 4 rings (SSSR count). The first kappa shape index (κ1) is 27.5. The Morgan fingerprint density at radius 2 is 1.62 bits per heavy atom. The van der Waals surface area contributed by atoms with E-state index in [0.29, 0.717) is 28.0 Å². The standard InChI is InChI=1S/C30H34N4O5/c1-18-13-21(4)31-25(18)16-24-23-9-7-8-10-26(23)34(28(24)36)29(37)32(5)11-12-33(6)30(38)39-17-22-14-19(2)27(35)20(3)15-22/h7-10,13-16,31,35H,11-12,17H2,1-6H3/b24-16-. The highest BCUT2D eigenvalue weighted by molar-refractivity contribution is 6.41. The number of benzene rings is 2. The molecule has 2 aromatic carbocycles. The molecule has 3 aromatic rings. The van der Waals surface area contributed by atoms with E-state index in [1.165, 1.54) is 14.7 Å². The molecular formula is C30H34N4O5. The largest absolute Gasteiger partial charge is 0.507 e. The fourth-order valence-corrected chi connectivity index (χ4v) is 4.66.